The maximum absolute atomic E-state index is 12.3. The van der Waals surface area contributed by atoms with Gasteiger partial charge >= 0.3 is 0 Å². The smallest absolute Gasteiger partial charge is 0.259 e. The zero-order valence-corrected chi connectivity index (χ0v) is 12.2. The summed E-state index contributed by atoms with van der Waals surface area (Å²) in [4.78, 5) is 12.3. The van der Waals surface area contributed by atoms with Gasteiger partial charge in [-0.15, -0.1) is 0 Å². The highest BCUT2D eigenvalue weighted by Crippen LogP contribution is 2.24. The molecule has 0 fully saturated rings. The molecule has 1 aromatic carbocycles. The Hall–Kier alpha value is -1.81. The van der Waals surface area contributed by atoms with E-state index in [1.807, 2.05) is 40.0 Å². The number of rotatable bonds is 2. The van der Waals surface area contributed by atoms with Gasteiger partial charge in [-0.1, -0.05) is 17.7 Å². The Kier molecular flexibility index (Phi) is 3.62. The van der Waals surface area contributed by atoms with Gasteiger partial charge in [-0.2, -0.15) is 5.10 Å². The zero-order chi connectivity index (χ0) is 14.2. The van der Waals surface area contributed by atoms with E-state index >= 15 is 0 Å². The van der Waals surface area contributed by atoms with Crippen LogP contribution in [0.2, 0.25) is 5.02 Å². The number of carbonyl (C=O) groups excluding carboxylic acids is 1. The van der Waals surface area contributed by atoms with E-state index in [0.717, 1.165) is 22.6 Å². The number of hydrogen-bond donors (Lipinski definition) is 1. The lowest BCUT2D eigenvalue weighted by molar-refractivity contribution is 0.102. The van der Waals surface area contributed by atoms with Crippen molar-refractivity contribution in [3.05, 3.63) is 45.7 Å². The predicted molar refractivity (Wildman–Crippen MR) is 76.8 cm³/mol. The highest BCUT2D eigenvalue weighted by Gasteiger charge is 2.18. The molecule has 0 aliphatic heterocycles. The second kappa shape index (κ2) is 5.05. The van der Waals surface area contributed by atoms with Crippen molar-refractivity contribution in [3.8, 4) is 0 Å². The number of nitrogens with zero attached hydrogens (tertiary/aromatic N) is 2. The summed E-state index contributed by atoms with van der Waals surface area (Å²) in [5, 5.41) is 7.77. The van der Waals surface area contributed by atoms with Crippen molar-refractivity contribution in [1.29, 1.82) is 0 Å². The molecule has 0 saturated carbocycles. The summed E-state index contributed by atoms with van der Waals surface area (Å²) in [6, 6.07) is 5.45. The Balaban J connectivity index is 2.34. The Morgan fingerprint density at radius 2 is 2.00 bits per heavy atom. The quantitative estimate of drug-likeness (QED) is 0.916. The molecule has 2 rings (SSSR count). The first-order valence-electron chi connectivity index (χ1n) is 5.98. The molecule has 19 heavy (non-hydrogen) atoms. The number of anilines is 1. The molecule has 1 N–H and O–H groups in total. The first-order valence-corrected chi connectivity index (χ1v) is 6.36. The van der Waals surface area contributed by atoms with Crippen molar-refractivity contribution in [1.82, 2.24) is 9.78 Å². The summed E-state index contributed by atoms with van der Waals surface area (Å²) < 4.78 is 1.70. The highest BCUT2D eigenvalue weighted by atomic mass is 35.5. The Bertz CT molecular complexity index is 646. The lowest BCUT2D eigenvalue weighted by atomic mass is 10.1. The molecule has 0 unspecified atom stereocenters. The van der Waals surface area contributed by atoms with E-state index in [1.165, 1.54) is 0 Å². The average Bonchev–Trinajstić information content (AvgIpc) is 2.59. The molecule has 0 spiro atoms. The van der Waals surface area contributed by atoms with Gasteiger partial charge in [0.05, 0.1) is 11.3 Å². The number of amides is 1. The Morgan fingerprint density at radius 3 is 2.58 bits per heavy atom. The van der Waals surface area contributed by atoms with Gasteiger partial charge in [-0.25, -0.2) is 0 Å². The normalized spacial score (nSPS) is 10.6. The highest BCUT2D eigenvalue weighted by molar-refractivity contribution is 6.31. The first kappa shape index (κ1) is 13.6. The second-order valence-corrected chi connectivity index (χ2v) is 4.94. The molecule has 0 atom stereocenters. The van der Waals surface area contributed by atoms with E-state index in [2.05, 4.69) is 10.4 Å². The maximum Gasteiger partial charge on any atom is 0.259 e. The summed E-state index contributed by atoms with van der Waals surface area (Å²) in [7, 11) is 1.82. The van der Waals surface area contributed by atoms with E-state index in [9.17, 15) is 4.79 Å². The fraction of sp³-hybridized carbons (Fsp3) is 0.286. The molecule has 1 aromatic heterocycles. The van der Waals surface area contributed by atoms with Gasteiger partial charge in [-0.3, -0.25) is 9.48 Å². The van der Waals surface area contributed by atoms with E-state index < -0.39 is 0 Å². The topological polar surface area (TPSA) is 46.9 Å². The van der Waals surface area contributed by atoms with E-state index in [1.54, 1.807) is 10.7 Å². The van der Waals surface area contributed by atoms with Crippen LogP contribution in [0.5, 0.6) is 0 Å². The van der Waals surface area contributed by atoms with Crippen LogP contribution in [0.25, 0.3) is 0 Å². The predicted octanol–water partition coefficient (Wildman–Crippen LogP) is 3.25. The maximum atomic E-state index is 12.3. The van der Waals surface area contributed by atoms with Crippen LogP contribution in [-0.2, 0) is 7.05 Å². The van der Waals surface area contributed by atoms with Crippen LogP contribution in [0.15, 0.2) is 18.2 Å². The van der Waals surface area contributed by atoms with Crippen LogP contribution in [-0.4, -0.2) is 15.7 Å². The third-order valence-corrected chi connectivity index (χ3v) is 3.66. The van der Waals surface area contributed by atoms with Crippen molar-refractivity contribution in [2.24, 2.45) is 7.05 Å². The number of aryl methyl sites for hydroxylation is 2. The minimum atomic E-state index is -0.159. The van der Waals surface area contributed by atoms with Crippen molar-refractivity contribution < 1.29 is 4.79 Å². The molecular weight excluding hydrogens is 262 g/mol. The van der Waals surface area contributed by atoms with E-state index in [4.69, 9.17) is 11.6 Å². The molecule has 1 heterocycles. The summed E-state index contributed by atoms with van der Waals surface area (Å²) >= 11 is 6.04. The first-order chi connectivity index (χ1) is 8.91. The molecule has 2 aromatic rings. The van der Waals surface area contributed by atoms with Gasteiger partial charge in [0.15, 0.2) is 0 Å². The number of aromatic nitrogens is 2. The minimum Gasteiger partial charge on any atom is -0.322 e. The van der Waals surface area contributed by atoms with Crippen LogP contribution in [0.4, 0.5) is 5.69 Å². The lowest BCUT2D eigenvalue weighted by Crippen LogP contribution is -2.14. The third-order valence-electron chi connectivity index (χ3n) is 3.25. The fourth-order valence-electron chi connectivity index (χ4n) is 2.03. The number of carbonyl (C=O) groups is 1. The van der Waals surface area contributed by atoms with Gasteiger partial charge in [0, 0.05) is 23.5 Å². The van der Waals surface area contributed by atoms with Crippen LogP contribution in [0.3, 0.4) is 0 Å². The minimum absolute atomic E-state index is 0.159. The van der Waals surface area contributed by atoms with Crippen molar-refractivity contribution in [2.45, 2.75) is 20.8 Å². The largest absolute Gasteiger partial charge is 0.322 e. The number of hydrogen-bond acceptors (Lipinski definition) is 2. The Morgan fingerprint density at radius 1 is 1.32 bits per heavy atom. The molecule has 0 saturated heterocycles. The van der Waals surface area contributed by atoms with Crippen LogP contribution < -0.4 is 5.32 Å². The number of halogens is 1. The molecule has 100 valence electrons. The standard InChI is InChI=1S/C14H16ClN3O/c1-8-11(15)6-5-7-12(8)16-14(19)13-9(2)17-18(4)10(13)3/h5-7H,1-4H3,(H,16,19). The Labute approximate surface area is 117 Å². The molecule has 1 amide bonds. The average molecular weight is 278 g/mol. The van der Waals surface area contributed by atoms with Crippen molar-refractivity contribution >= 4 is 23.2 Å². The summed E-state index contributed by atoms with van der Waals surface area (Å²) in [6.45, 7) is 5.58. The second-order valence-electron chi connectivity index (χ2n) is 4.54. The molecule has 0 radical (unpaired) electrons. The molecule has 0 aliphatic carbocycles. The number of nitrogens with one attached hydrogen (secondary N) is 1. The van der Waals surface area contributed by atoms with Crippen LogP contribution >= 0.6 is 11.6 Å². The molecule has 4 nitrogen and oxygen atoms in total. The van der Waals surface area contributed by atoms with Gasteiger partial charge in [0.2, 0.25) is 0 Å². The fourth-order valence-corrected chi connectivity index (χ4v) is 2.20. The van der Waals surface area contributed by atoms with Gasteiger partial charge in [0.25, 0.3) is 5.91 Å². The van der Waals surface area contributed by atoms with E-state index in [-0.39, 0.29) is 5.91 Å². The molecule has 0 aliphatic rings. The summed E-state index contributed by atoms with van der Waals surface area (Å²) in [5.41, 5.74) is 3.76. The van der Waals surface area contributed by atoms with Gasteiger partial charge in [0.1, 0.15) is 0 Å². The van der Waals surface area contributed by atoms with Gasteiger partial charge in [-0.05, 0) is 38.5 Å². The summed E-state index contributed by atoms with van der Waals surface area (Å²) in [6.07, 6.45) is 0. The van der Waals surface area contributed by atoms with Crippen LogP contribution in [0.1, 0.15) is 27.3 Å². The lowest BCUT2D eigenvalue weighted by Gasteiger charge is -2.09. The van der Waals surface area contributed by atoms with Crippen LogP contribution in [0, 0.1) is 20.8 Å². The summed E-state index contributed by atoms with van der Waals surface area (Å²) in [5.74, 6) is -0.159. The third kappa shape index (κ3) is 2.49. The molecule has 5 heteroatoms. The number of benzene rings is 1. The monoisotopic (exact) mass is 277 g/mol. The van der Waals surface area contributed by atoms with Crippen molar-refractivity contribution in [3.63, 3.8) is 0 Å². The van der Waals surface area contributed by atoms with E-state index in [0.29, 0.717) is 10.6 Å². The SMILES string of the molecule is Cc1nn(C)c(C)c1C(=O)Nc1cccc(Cl)c1C. The van der Waals surface area contributed by atoms with Crippen molar-refractivity contribution in [2.75, 3.05) is 5.32 Å². The molecule has 0 bridgehead atoms. The zero-order valence-electron chi connectivity index (χ0n) is 11.4. The van der Waals surface area contributed by atoms with Gasteiger partial charge < -0.3 is 5.32 Å². The molecular formula is C14H16ClN3O.